The lowest BCUT2D eigenvalue weighted by Gasteiger charge is -2.07. The third-order valence-electron chi connectivity index (χ3n) is 2.40. The lowest BCUT2D eigenvalue weighted by molar-refractivity contribution is 1.40. The Balaban J connectivity index is 2.71. The zero-order valence-electron chi connectivity index (χ0n) is 9.30. The highest BCUT2D eigenvalue weighted by Crippen LogP contribution is 2.38. The highest BCUT2D eigenvalue weighted by molar-refractivity contribution is 5.83. The molecule has 18 heavy (non-hydrogen) atoms. The van der Waals surface area contributed by atoms with E-state index in [4.69, 9.17) is 11.1 Å². The van der Waals surface area contributed by atoms with Crippen LogP contribution in [0.5, 0.6) is 0 Å². The van der Waals surface area contributed by atoms with Crippen LogP contribution in [0, 0.1) is 0 Å². The van der Waals surface area contributed by atoms with Gasteiger partial charge in [-0.05, 0) is 22.2 Å². The van der Waals surface area contributed by atoms with Gasteiger partial charge < -0.3 is 0 Å². The Kier molecular flexibility index (Phi) is 3.47. The highest BCUT2D eigenvalue weighted by atomic mass is 15.2. The maximum atomic E-state index is 8.61. The number of hydrogen-bond acceptors (Lipinski definition) is 2. The molecule has 6 heteroatoms. The van der Waals surface area contributed by atoms with Gasteiger partial charge in [0, 0.05) is 15.5 Å². The molecule has 0 N–H and O–H groups in total. The second kappa shape index (κ2) is 5.41. The van der Waals surface area contributed by atoms with Gasteiger partial charge in [-0.1, -0.05) is 58.8 Å². The largest absolute Gasteiger partial charge is 0.0622 e. The Morgan fingerprint density at radius 1 is 0.778 bits per heavy atom. The van der Waals surface area contributed by atoms with Crippen LogP contribution in [0.3, 0.4) is 0 Å². The number of benzene rings is 2. The van der Waals surface area contributed by atoms with Crippen LogP contribution in [-0.2, 0) is 0 Å². The predicted molar refractivity (Wildman–Crippen MR) is 69.5 cm³/mol. The first-order valence-electron chi connectivity index (χ1n) is 5.15. The minimum absolute atomic E-state index is 0.316. The predicted octanol–water partition coefficient (Wildman–Crippen LogP) is 5.24. The molecule has 6 nitrogen and oxygen atoms in total. The standard InChI is InChI=1S/C12H8N6/c13-17-15-11-8-4-7-10(12(11)16-18-14)9-5-2-1-3-6-9/h1-8H. The van der Waals surface area contributed by atoms with Gasteiger partial charge in [0.05, 0.1) is 5.69 Å². The molecular weight excluding hydrogens is 228 g/mol. The summed E-state index contributed by atoms with van der Waals surface area (Å²) in [5.41, 5.74) is 19.4. The quantitative estimate of drug-likeness (QED) is 0.395. The molecule has 0 aliphatic carbocycles. The van der Waals surface area contributed by atoms with Crippen LogP contribution in [0.15, 0.2) is 58.8 Å². The summed E-state index contributed by atoms with van der Waals surface area (Å²) in [6.07, 6.45) is 0. The average molecular weight is 236 g/mol. The van der Waals surface area contributed by atoms with Crippen LogP contribution < -0.4 is 0 Å². The number of azide groups is 2. The van der Waals surface area contributed by atoms with Crippen molar-refractivity contribution >= 4 is 11.4 Å². The van der Waals surface area contributed by atoms with Gasteiger partial charge in [0.25, 0.3) is 0 Å². The zero-order chi connectivity index (χ0) is 12.8. The van der Waals surface area contributed by atoms with Crippen molar-refractivity contribution < 1.29 is 0 Å². The van der Waals surface area contributed by atoms with E-state index in [9.17, 15) is 0 Å². The van der Waals surface area contributed by atoms with Crippen molar-refractivity contribution in [2.24, 2.45) is 10.2 Å². The van der Waals surface area contributed by atoms with Crippen molar-refractivity contribution in [1.82, 2.24) is 0 Å². The molecule has 0 saturated heterocycles. The van der Waals surface area contributed by atoms with E-state index in [0.717, 1.165) is 11.1 Å². The lowest BCUT2D eigenvalue weighted by Crippen LogP contribution is -1.78. The van der Waals surface area contributed by atoms with Crippen molar-refractivity contribution in [1.29, 1.82) is 0 Å². The van der Waals surface area contributed by atoms with Gasteiger partial charge in [-0.2, -0.15) is 0 Å². The molecule has 0 amide bonds. The summed E-state index contributed by atoms with van der Waals surface area (Å²) in [5.74, 6) is 0. The van der Waals surface area contributed by atoms with E-state index in [1.54, 1.807) is 12.1 Å². The molecule has 86 valence electrons. The minimum Gasteiger partial charge on any atom is -0.0622 e. The van der Waals surface area contributed by atoms with Gasteiger partial charge in [0.2, 0.25) is 0 Å². The first-order valence-corrected chi connectivity index (χ1v) is 5.15. The molecule has 0 fully saturated rings. The molecule has 0 aromatic heterocycles. The van der Waals surface area contributed by atoms with E-state index in [1.165, 1.54) is 0 Å². The van der Waals surface area contributed by atoms with Crippen LogP contribution in [0.1, 0.15) is 0 Å². The van der Waals surface area contributed by atoms with E-state index in [2.05, 4.69) is 20.1 Å². The summed E-state index contributed by atoms with van der Waals surface area (Å²) >= 11 is 0. The van der Waals surface area contributed by atoms with Gasteiger partial charge in [-0.25, -0.2) is 0 Å². The molecule has 2 aromatic carbocycles. The maximum absolute atomic E-state index is 8.61. The second-order valence-electron chi connectivity index (χ2n) is 3.42. The van der Waals surface area contributed by atoms with Crippen molar-refractivity contribution in [3.8, 4) is 11.1 Å². The Bertz CT molecular complexity index is 652. The number of nitrogens with zero attached hydrogens (tertiary/aromatic N) is 6. The summed E-state index contributed by atoms with van der Waals surface area (Å²) in [5, 5.41) is 7.14. The first-order chi connectivity index (χ1) is 8.86. The lowest BCUT2D eigenvalue weighted by atomic mass is 10.0. The van der Waals surface area contributed by atoms with Crippen LogP contribution in [-0.4, -0.2) is 0 Å². The molecule has 0 aliphatic heterocycles. The molecule has 0 saturated carbocycles. The smallest absolute Gasteiger partial charge is 0.0549 e. The summed E-state index contributed by atoms with van der Waals surface area (Å²) in [6.45, 7) is 0. The fourth-order valence-corrected chi connectivity index (χ4v) is 1.66. The topological polar surface area (TPSA) is 97.5 Å². The molecule has 0 unspecified atom stereocenters. The minimum atomic E-state index is 0.316. The van der Waals surface area contributed by atoms with Crippen molar-refractivity contribution in [2.75, 3.05) is 0 Å². The molecule has 2 aromatic rings. The van der Waals surface area contributed by atoms with Crippen LogP contribution in [0.2, 0.25) is 0 Å². The van der Waals surface area contributed by atoms with E-state index >= 15 is 0 Å². The zero-order valence-corrected chi connectivity index (χ0v) is 9.30. The van der Waals surface area contributed by atoms with Crippen LogP contribution >= 0.6 is 0 Å². The molecule has 0 radical (unpaired) electrons. The number of hydrogen-bond donors (Lipinski definition) is 0. The van der Waals surface area contributed by atoms with Gasteiger partial charge in [0.1, 0.15) is 0 Å². The molecule has 0 bridgehead atoms. The van der Waals surface area contributed by atoms with E-state index in [1.807, 2.05) is 36.4 Å². The Morgan fingerprint density at radius 2 is 1.50 bits per heavy atom. The number of rotatable bonds is 3. The van der Waals surface area contributed by atoms with Gasteiger partial charge >= 0.3 is 0 Å². The Morgan fingerprint density at radius 3 is 2.17 bits per heavy atom. The average Bonchev–Trinajstić information content (AvgIpc) is 2.42. The fraction of sp³-hybridized carbons (Fsp3) is 0. The first kappa shape index (κ1) is 11.5. The van der Waals surface area contributed by atoms with Crippen LogP contribution in [0.4, 0.5) is 11.4 Å². The van der Waals surface area contributed by atoms with Crippen molar-refractivity contribution in [3.05, 3.63) is 69.4 Å². The monoisotopic (exact) mass is 236 g/mol. The molecule has 2 rings (SSSR count). The van der Waals surface area contributed by atoms with Crippen molar-refractivity contribution in [3.63, 3.8) is 0 Å². The third-order valence-corrected chi connectivity index (χ3v) is 2.40. The van der Waals surface area contributed by atoms with E-state index in [-0.39, 0.29) is 0 Å². The second-order valence-corrected chi connectivity index (χ2v) is 3.42. The molecular formula is C12H8N6. The maximum Gasteiger partial charge on any atom is 0.0549 e. The summed E-state index contributed by atoms with van der Waals surface area (Å²) in [7, 11) is 0. The van der Waals surface area contributed by atoms with Crippen molar-refractivity contribution in [2.45, 2.75) is 0 Å². The molecule has 0 aliphatic rings. The SMILES string of the molecule is [N-]=[N+]=Nc1cccc(-c2ccccc2)c1N=[N+]=[N-]. The summed E-state index contributed by atoms with van der Waals surface area (Å²) in [6, 6.07) is 14.6. The summed E-state index contributed by atoms with van der Waals surface area (Å²) in [4.78, 5) is 5.50. The van der Waals surface area contributed by atoms with Gasteiger partial charge in [-0.3, -0.25) is 0 Å². The van der Waals surface area contributed by atoms with Gasteiger partial charge in [-0.15, -0.1) is 0 Å². The Labute approximate surface area is 103 Å². The molecule has 0 heterocycles. The summed E-state index contributed by atoms with van der Waals surface area (Å²) < 4.78 is 0. The Hall–Kier alpha value is -2.94. The van der Waals surface area contributed by atoms with Crippen LogP contribution in [0.25, 0.3) is 32.0 Å². The van der Waals surface area contributed by atoms with E-state index in [0.29, 0.717) is 11.4 Å². The molecule has 0 spiro atoms. The van der Waals surface area contributed by atoms with E-state index < -0.39 is 0 Å². The normalized spacial score (nSPS) is 9.11. The highest BCUT2D eigenvalue weighted by Gasteiger charge is 2.07. The fourth-order valence-electron chi connectivity index (χ4n) is 1.66. The molecule has 0 atom stereocenters. The third kappa shape index (κ3) is 2.25. The van der Waals surface area contributed by atoms with Gasteiger partial charge in [0.15, 0.2) is 0 Å².